The zero-order chi connectivity index (χ0) is 40.9. The first-order valence-corrected chi connectivity index (χ1v) is 19.2. The first-order valence-electron chi connectivity index (χ1n) is 18.0. The lowest BCUT2D eigenvalue weighted by Gasteiger charge is -2.14. The summed E-state index contributed by atoms with van der Waals surface area (Å²) in [6, 6.07) is 36.1. The van der Waals surface area contributed by atoms with E-state index in [4.69, 9.17) is 34.8 Å². The van der Waals surface area contributed by atoms with Crippen molar-refractivity contribution in [2.24, 2.45) is 0 Å². The van der Waals surface area contributed by atoms with Crippen molar-refractivity contribution in [1.29, 1.82) is 0 Å². The molecule has 0 amide bonds. The third-order valence-electron chi connectivity index (χ3n) is 9.41. The third-order valence-corrected chi connectivity index (χ3v) is 10.1. The zero-order valence-electron chi connectivity index (χ0n) is 31.3. The summed E-state index contributed by atoms with van der Waals surface area (Å²) >= 11 is 18.0. The molecule has 0 aliphatic heterocycles. The van der Waals surface area contributed by atoms with Gasteiger partial charge in [0.25, 0.3) is 0 Å². The Labute approximate surface area is 348 Å². The van der Waals surface area contributed by atoms with Gasteiger partial charge >= 0.3 is 0 Å². The van der Waals surface area contributed by atoms with Crippen LogP contribution in [0.25, 0.3) is 21.8 Å². The van der Waals surface area contributed by atoms with Gasteiger partial charge in [0.15, 0.2) is 11.6 Å². The number of aromatic nitrogens is 4. The van der Waals surface area contributed by atoms with Crippen molar-refractivity contribution in [3.8, 4) is 0 Å². The molecule has 0 saturated heterocycles. The Morgan fingerprint density at radius 2 is 1.03 bits per heavy atom. The molecule has 4 aromatic carbocycles. The van der Waals surface area contributed by atoms with Crippen LogP contribution in [-0.4, -0.2) is 44.8 Å². The summed E-state index contributed by atoms with van der Waals surface area (Å²) in [5.74, 6) is 0.00611. The maximum Gasteiger partial charge on any atom is 0.200 e. The maximum absolute atomic E-state index is 13.2. The Morgan fingerprint density at radius 3 is 1.45 bits per heavy atom. The maximum atomic E-state index is 13.2. The van der Waals surface area contributed by atoms with Gasteiger partial charge < -0.3 is 14.0 Å². The van der Waals surface area contributed by atoms with Crippen molar-refractivity contribution in [2.45, 2.75) is 13.1 Å². The van der Waals surface area contributed by atoms with E-state index in [2.05, 4.69) is 9.97 Å². The number of rotatable bonds is 9. The third kappa shape index (κ3) is 8.77. The summed E-state index contributed by atoms with van der Waals surface area (Å²) < 4.78 is 3.80. The quantitative estimate of drug-likeness (QED) is 0.105. The van der Waals surface area contributed by atoms with Crippen LogP contribution in [-0.2, 0) is 13.1 Å². The van der Waals surface area contributed by atoms with Gasteiger partial charge in [0.2, 0.25) is 10.9 Å². The fraction of sp³-hybridized carbons (Fsp3) is 0.0870. The van der Waals surface area contributed by atoms with Crippen LogP contribution >= 0.6 is 34.8 Å². The summed E-state index contributed by atoms with van der Waals surface area (Å²) in [6.45, 7) is 0.958. The Balaban J connectivity index is 0.000000177. The van der Waals surface area contributed by atoms with Crippen molar-refractivity contribution >= 4 is 74.0 Å². The van der Waals surface area contributed by atoms with Gasteiger partial charge in [-0.2, -0.15) is 0 Å². The van der Waals surface area contributed by atoms with E-state index in [1.54, 1.807) is 60.9 Å². The second kappa shape index (κ2) is 17.4. The summed E-state index contributed by atoms with van der Waals surface area (Å²) in [5.41, 5.74) is 3.76. The van der Waals surface area contributed by atoms with Crippen molar-refractivity contribution < 1.29 is 9.59 Å². The van der Waals surface area contributed by atoms with Gasteiger partial charge in [-0.05, 0) is 83.9 Å². The molecule has 288 valence electrons. The highest BCUT2D eigenvalue weighted by molar-refractivity contribution is 6.31. The van der Waals surface area contributed by atoms with E-state index in [0.29, 0.717) is 45.0 Å². The molecule has 0 unspecified atom stereocenters. The fourth-order valence-electron chi connectivity index (χ4n) is 6.55. The van der Waals surface area contributed by atoms with Crippen LogP contribution in [0.15, 0.2) is 156 Å². The first-order chi connectivity index (χ1) is 28.0. The molecule has 9 nitrogen and oxygen atoms in total. The van der Waals surface area contributed by atoms with E-state index in [-0.39, 0.29) is 38.7 Å². The van der Waals surface area contributed by atoms with Gasteiger partial charge in [0.05, 0.1) is 22.2 Å². The van der Waals surface area contributed by atoms with Crippen LogP contribution in [0.5, 0.6) is 0 Å². The average molecular weight is 827 g/mol. The summed E-state index contributed by atoms with van der Waals surface area (Å²) in [4.78, 5) is 62.3. The van der Waals surface area contributed by atoms with Crippen molar-refractivity contribution in [3.05, 3.63) is 215 Å². The molecule has 12 heteroatoms. The highest BCUT2D eigenvalue weighted by Crippen LogP contribution is 2.21. The molecule has 0 radical (unpaired) electrons. The van der Waals surface area contributed by atoms with E-state index in [9.17, 15) is 19.2 Å². The smallest absolute Gasteiger partial charge is 0.200 e. The number of fused-ring (bicyclic) bond motifs is 2. The Hall–Kier alpha value is -6.39. The standard InChI is InChI=1S/C24H20ClN3O2.C22H14Cl2N2O2/c1-27(2)22-11-10-17(13-26-22)23(29)20-15-28(14-16-6-5-7-18(25)12-16)21-9-4-3-8-19(21)24(20)30;23-16-5-3-4-14(10-16)12-26-13-18(21(27)15-8-9-20(24)25-11-15)22(28)17-6-1-2-7-19(17)26/h3-13,15H,14H2,1-2H3;1-11,13H,12H2. The lowest BCUT2D eigenvalue weighted by molar-refractivity contribution is 0.102. The second-order valence-electron chi connectivity index (χ2n) is 13.6. The molecule has 0 N–H and O–H groups in total. The number of para-hydroxylation sites is 2. The van der Waals surface area contributed by atoms with Gasteiger partial charge in [-0.15, -0.1) is 0 Å². The molecule has 4 aromatic heterocycles. The van der Waals surface area contributed by atoms with Crippen LogP contribution in [0.2, 0.25) is 15.2 Å². The van der Waals surface area contributed by atoms with Crippen molar-refractivity contribution in [3.63, 3.8) is 0 Å². The number of pyridine rings is 4. The molecule has 0 spiro atoms. The molecule has 0 aliphatic rings. The van der Waals surface area contributed by atoms with Gasteiger partial charge in [0.1, 0.15) is 11.0 Å². The van der Waals surface area contributed by atoms with Crippen LogP contribution in [0.4, 0.5) is 5.82 Å². The van der Waals surface area contributed by atoms with E-state index < -0.39 is 0 Å². The predicted octanol–water partition coefficient (Wildman–Crippen LogP) is 9.38. The topological polar surface area (TPSA) is 107 Å². The number of ketones is 2. The minimum atomic E-state index is -0.389. The van der Waals surface area contributed by atoms with E-state index >= 15 is 0 Å². The van der Waals surface area contributed by atoms with Crippen molar-refractivity contribution in [1.82, 2.24) is 19.1 Å². The highest BCUT2D eigenvalue weighted by Gasteiger charge is 2.19. The molecular formula is C46H34Cl3N5O4. The average Bonchev–Trinajstić information content (AvgIpc) is 3.23. The monoisotopic (exact) mass is 825 g/mol. The SMILES string of the molecule is CN(C)c1ccc(C(=O)c2cn(Cc3cccc(Cl)c3)c3ccccc3c2=O)cn1.O=C(c1ccc(Cl)nc1)c1cn(Cc2cccc(Cl)c2)c2ccccc2c1=O. The largest absolute Gasteiger partial charge is 0.363 e. The number of carbonyl (C=O) groups excluding carboxylic acids is 2. The molecule has 8 rings (SSSR count). The molecule has 4 heterocycles. The summed E-state index contributed by atoms with van der Waals surface area (Å²) in [7, 11) is 3.75. The lowest BCUT2D eigenvalue weighted by atomic mass is 10.0. The number of hydrogen-bond acceptors (Lipinski definition) is 7. The van der Waals surface area contributed by atoms with Crippen LogP contribution in [0, 0.1) is 0 Å². The molecule has 58 heavy (non-hydrogen) atoms. The van der Waals surface area contributed by atoms with Crippen LogP contribution < -0.4 is 15.8 Å². The van der Waals surface area contributed by atoms with Gasteiger partial charge in [-0.1, -0.05) is 83.3 Å². The van der Waals surface area contributed by atoms with Crippen LogP contribution in [0.1, 0.15) is 43.0 Å². The zero-order valence-corrected chi connectivity index (χ0v) is 33.5. The number of carbonyl (C=O) groups is 2. The normalized spacial score (nSPS) is 10.9. The lowest BCUT2D eigenvalue weighted by Crippen LogP contribution is -2.20. The highest BCUT2D eigenvalue weighted by atomic mass is 35.5. The summed E-state index contributed by atoms with van der Waals surface area (Å²) in [5, 5.41) is 2.54. The number of anilines is 1. The predicted molar refractivity (Wildman–Crippen MR) is 232 cm³/mol. The minimum Gasteiger partial charge on any atom is -0.363 e. The van der Waals surface area contributed by atoms with Gasteiger partial charge in [-0.25, -0.2) is 9.97 Å². The van der Waals surface area contributed by atoms with Crippen molar-refractivity contribution in [2.75, 3.05) is 19.0 Å². The number of hydrogen-bond donors (Lipinski definition) is 0. The Morgan fingerprint density at radius 1 is 0.569 bits per heavy atom. The van der Waals surface area contributed by atoms with Crippen LogP contribution in [0.3, 0.4) is 0 Å². The van der Waals surface area contributed by atoms with E-state index in [1.165, 1.54) is 18.5 Å². The fourth-order valence-corrected chi connectivity index (χ4v) is 7.08. The molecule has 0 aliphatic carbocycles. The Bertz CT molecular complexity index is 2940. The molecule has 8 aromatic rings. The van der Waals surface area contributed by atoms with Gasteiger partial charge in [-0.3, -0.25) is 19.2 Å². The Kier molecular flexibility index (Phi) is 11.9. The molecular weight excluding hydrogens is 793 g/mol. The second-order valence-corrected chi connectivity index (χ2v) is 14.9. The van der Waals surface area contributed by atoms with Gasteiger partial charge in [0, 0.05) is 83.9 Å². The molecule has 0 bridgehead atoms. The molecule has 0 saturated carbocycles. The number of halogens is 3. The summed E-state index contributed by atoms with van der Waals surface area (Å²) in [6.07, 6.45) is 6.12. The first kappa shape index (κ1) is 39.8. The molecule has 0 fully saturated rings. The minimum absolute atomic E-state index is 0.0878. The van der Waals surface area contributed by atoms with E-state index in [1.807, 2.05) is 94.9 Å². The number of benzene rings is 4. The number of nitrogens with zero attached hydrogens (tertiary/aromatic N) is 5. The van der Waals surface area contributed by atoms with E-state index in [0.717, 1.165) is 28.0 Å². The molecule has 0 atom stereocenters.